The topological polar surface area (TPSA) is 83.0 Å². The summed E-state index contributed by atoms with van der Waals surface area (Å²) >= 11 is 6.09. The molecular weight excluding hydrogens is 256 g/mol. The van der Waals surface area contributed by atoms with E-state index in [4.69, 9.17) is 22.1 Å². The lowest BCUT2D eigenvalue weighted by molar-refractivity contribution is 0.0526. The Morgan fingerprint density at radius 3 is 2.94 bits per heavy atom. The van der Waals surface area contributed by atoms with Gasteiger partial charge in [0.1, 0.15) is 12.7 Å². The average Bonchev–Trinajstić information content (AvgIpc) is 2.81. The fraction of sp³-hybridized carbons (Fsp3) is 0.182. The minimum absolute atomic E-state index is 0.257. The van der Waals surface area contributed by atoms with Gasteiger partial charge in [0, 0.05) is 5.69 Å². The SMILES string of the molecule is CCOC(=O)c1cc(N)cc(Cl)c1-n1cncn1. The molecule has 0 saturated heterocycles. The van der Waals surface area contributed by atoms with E-state index in [-0.39, 0.29) is 12.2 Å². The Bertz CT molecular complexity index is 569. The number of rotatable bonds is 3. The van der Waals surface area contributed by atoms with E-state index in [1.165, 1.54) is 23.4 Å². The molecule has 94 valence electrons. The van der Waals surface area contributed by atoms with Crippen molar-refractivity contribution in [2.24, 2.45) is 0 Å². The first-order valence-corrected chi connectivity index (χ1v) is 5.62. The minimum Gasteiger partial charge on any atom is -0.462 e. The molecule has 0 aliphatic rings. The summed E-state index contributed by atoms with van der Waals surface area (Å²) in [5.41, 5.74) is 6.72. The molecule has 0 aliphatic heterocycles. The second-order valence-corrected chi connectivity index (χ2v) is 3.87. The lowest BCUT2D eigenvalue weighted by Crippen LogP contribution is -2.11. The summed E-state index contributed by atoms with van der Waals surface area (Å²) in [5.74, 6) is -0.503. The number of esters is 1. The second kappa shape index (κ2) is 5.05. The number of hydrogen-bond acceptors (Lipinski definition) is 5. The van der Waals surface area contributed by atoms with Gasteiger partial charge in [-0.2, -0.15) is 5.10 Å². The van der Waals surface area contributed by atoms with Crippen molar-refractivity contribution in [3.05, 3.63) is 35.4 Å². The van der Waals surface area contributed by atoms with Crippen LogP contribution in [0.25, 0.3) is 5.69 Å². The molecule has 2 aromatic rings. The molecule has 0 fully saturated rings. The van der Waals surface area contributed by atoms with Crippen molar-refractivity contribution < 1.29 is 9.53 Å². The summed E-state index contributed by atoms with van der Waals surface area (Å²) in [4.78, 5) is 15.7. The largest absolute Gasteiger partial charge is 0.462 e. The molecule has 7 heteroatoms. The molecule has 2 N–H and O–H groups in total. The summed E-state index contributed by atoms with van der Waals surface area (Å²) in [5, 5.41) is 4.26. The Labute approximate surface area is 108 Å². The van der Waals surface area contributed by atoms with Crippen LogP contribution in [-0.2, 0) is 4.74 Å². The lowest BCUT2D eigenvalue weighted by atomic mass is 10.1. The molecule has 0 aliphatic carbocycles. The zero-order valence-electron chi connectivity index (χ0n) is 9.63. The fourth-order valence-electron chi connectivity index (χ4n) is 1.54. The predicted molar refractivity (Wildman–Crippen MR) is 66.7 cm³/mol. The molecule has 1 heterocycles. The highest BCUT2D eigenvalue weighted by molar-refractivity contribution is 6.33. The van der Waals surface area contributed by atoms with Crippen LogP contribution in [0.1, 0.15) is 17.3 Å². The summed E-state index contributed by atoms with van der Waals surface area (Å²) in [7, 11) is 0. The maximum atomic E-state index is 11.9. The van der Waals surface area contributed by atoms with Crippen molar-refractivity contribution in [3.8, 4) is 5.69 Å². The number of halogens is 1. The van der Waals surface area contributed by atoms with Gasteiger partial charge in [-0.05, 0) is 19.1 Å². The predicted octanol–water partition coefficient (Wildman–Crippen LogP) is 1.68. The van der Waals surface area contributed by atoms with Gasteiger partial charge in [0.15, 0.2) is 0 Å². The molecule has 1 aromatic heterocycles. The van der Waals surface area contributed by atoms with Gasteiger partial charge in [0.2, 0.25) is 0 Å². The number of nitrogens with zero attached hydrogens (tertiary/aromatic N) is 3. The van der Waals surface area contributed by atoms with E-state index in [9.17, 15) is 4.79 Å². The Balaban J connectivity index is 2.59. The molecule has 0 spiro atoms. The molecule has 0 bridgehead atoms. The monoisotopic (exact) mass is 266 g/mol. The summed E-state index contributed by atoms with van der Waals surface area (Å²) < 4.78 is 6.36. The van der Waals surface area contributed by atoms with E-state index in [2.05, 4.69) is 10.1 Å². The van der Waals surface area contributed by atoms with Crippen LogP contribution >= 0.6 is 11.6 Å². The second-order valence-electron chi connectivity index (χ2n) is 3.46. The van der Waals surface area contributed by atoms with Crippen LogP contribution in [0, 0.1) is 0 Å². The Morgan fingerprint density at radius 1 is 1.56 bits per heavy atom. The normalized spacial score (nSPS) is 10.3. The number of ether oxygens (including phenoxy) is 1. The molecule has 1 aromatic carbocycles. The minimum atomic E-state index is -0.503. The van der Waals surface area contributed by atoms with E-state index in [0.29, 0.717) is 16.4 Å². The van der Waals surface area contributed by atoms with Crippen molar-refractivity contribution in [2.45, 2.75) is 6.92 Å². The highest BCUT2D eigenvalue weighted by Crippen LogP contribution is 2.27. The van der Waals surface area contributed by atoms with Crippen LogP contribution in [0.15, 0.2) is 24.8 Å². The number of nitrogen functional groups attached to an aromatic ring is 1. The highest BCUT2D eigenvalue weighted by Gasteiger charge is 2.18. The summed E-state index contributed by atoms with van der Waals surface area (Å²) in [6.07, 6.45) is 2.79. The van der Waals surface area contributed by atoms with Gasteiger partial charge in [-0.3, -0.25) is 0 Å². The highest BCUT2D eigenvalue weighted by atomic mass is 35.5. The third-order valence-electron chi connectivity index (χ3n) is 2.23. The van der Waals surface area contributed by atoms with Crippen molar-refractivity contribution >= 4 is 23.3 Å². The van der Waals surface area contributed by atoms with Crippen molar-refractivity contribution in [2.75, 3.05) is 12.3 Å². The number of anilines is 1. The number of aromatic nitrogens is 3. The maximum Gasteiger partial charge on any atom is 0.340 e. The third kappa shape index (κ3) is 2.28. The van der Waals surface area contributed by atoms with Gasteiger partial charge < -0.3 is 10.5 Å². The molecule has 0 radical (unpaired) electrons. The fourth-order valence-corrected chi connectivity index (χ4v) is 1.86. The van der Waals surface area contributed by atoms with E-state index >= 15 is 0 Å². The molecule has 6 nitrogen and oxygen atoms in total. The molecule has 0 amide bonds. The van der Waals surface area contributed by atoms with Crippen LogP contribution in [0.3, 0.4) is 0 Å². The average molecular weight is 267 g/mol. The Kier molecular flexibility index (Phi) is 3.47. The lowest BCUT2D eigenvalue weighted by Gasteiger charge is -2.11. The number of nitrogens with two attached hydrogens (primary N) is 1. The molecular formula is C11H11ClN4O2. The standard InChI is InChI=1S/C11H11ClN4O2/c1-2-18-11(17)8-3-7(13)4-9(12)10(8)16-6-14-5-15-16/h3-6H,2,13H2,1H3. The third-order valence-corrected chi connectivity index (χ3v) is 2.52. The smallest absolute Gasteiger partial charge is 0.340 e. The Hall–Kier alpha value is -2.08. The first-order valence-electron chi connectivity index (χ1n) is 5.24. The van der Waals surface area contributed by atoms with Crippen LogP contribution in [0.4, 0.5) is 5.69 Å². The van der Waals surface area contributed by atoms with Gasteiger partial charge in [-0.1, -0.05) is 11.6 Å². The molecule has 0 atom stereocenters. The number of hydrogen-bond donors (Lipinski definition) is 1. The van der Waals surface area contributed by atoms with Gasteiger partial charge in [0.25, 0.3) is 0 Å². The van der Waals surface area contributed by atoms with Crippen molar-refractivity contribution in [3.63, 3.8) is 0 Å². The van der Waals surface area contributed by atoms with Crippen molar-refractivity contribution in [1.29, 1.82) is 0 Å². The molecule has 0 saturated carbocycles. The van der Waals surface area contributed by atoms with Gasteiger partial charge >= 0.3 is 5.97 Å². The van der Waals surface area contributed by atoms with Gasteiger partial charge in [-0.15, -0.1) is 0 Å². The van der Waals surface area contributed by atoms with E-state index in [0.717, 1.165) is 0 Å². The quantitative estimate of drug-likeness (QED) is 0.675. The molecule has 18 heavy (non-hydrogen) atoms. The van der Waals surface area contributed by atoms with E-state index in [1.807, 2.05) is 0 Å². The van der Waals surface area contributed by atoms with Crippen LogP contribution < -0.4 is 5.73 Å². The summed E-state index contributed by atoms with van der Waals surface area (Å²) in [6.45, 7) is 1.99. The van der Waals surface area contributed by atoms with Crippen molar-refractivity contribution in [1.82, 2.24) is 14.8 Å². The maximum absolute atomic E-state index is 11.9. The van der Waals surface area contributed by atoms with E-state index < -0.39 is 5.97 Å². The first-order chi connectivity index (χ1) is 8.63. The van der Waals surface area contributed by atoms with E-state index in [1.54, 1.807) is 13.0 Å². The number of carbonyl (C=O) groups is 1. The van der Waals surface area contributed by atoms with Crippen LogP contribution in [0.2, 0.25) is 5.02 Å². The van der Waals surface area contributed by atoms with Crippen LogP contribution in [-0.4, -0.2) is 27.3 Å². The zero-order chi connectivity index (χ0) is 13.1. The first kappa shape index (κ1) is 12.4. The molecule has 2 rings (SSSR count). The summed E-state index contributed by atoms with van der Waals surface area (Å²) in [6, 6.07) is 3.04. The zero-order valence-corrected chi connectivity index (χ0v) is 10.4. The van der Waals surface area contributed by atoms with Gasteiger partial charge in [0.05, 0.1) is 22.9 Å². The van der Waals surface area contributed by atoms with Gasteiger partial charge in [-0.25, -0.2) is 14.5 Å². The van der Waals surface area contributed by atoms with Crippen LogP contribution in [0.5, 0.6) is 0 Å². The molecule has 0 unspecified atom stereocenters. The number of carbonyl (C=O) groups excluding carboxylic acids is 1. The number of benzene rings is 1. The Morgan fingerprint density at radius 2 is 2.33 bits per heavy atom.